The number of carbonyl (C=O) groups excluding carboxylic acids is 2. The van der Waals surface area contributed by atoms with Crippen molar-refractivity contribution >= 4 is 11.9 Å². The normalized spacial score (nSPS) is 35.8. The van der Waals surface area contributed by atoms with Crippen LogP contribution in [0.15, 0.2) is 24.5 Å². The predicted molar refractivity (Wildman–Crippen MR) is 78.3 cm³/mol. The van der Waals surface area contributed by atoms with Gasteiger partial charge in [-0.05, 0) is 12.5 Å². The third-order valence-electron chi connectivity index (χ3n) is 4.84. The summed E-state index contributed by atoms with van der Waals surface area (Å²) in [6.07, 6.45) is -3.75. The highest BCUT2D eigenvalue weighted by atomic mass is 16.6. The van der Waals surface area contributed by atoms with Gasteiger partial charge in [0, 0.05) is 25.1 Å². The van der Waals surface area contributed by atoms with Crippen LogP contribution in [0.2, 0.25) is 0 Å². The molecule has 136 valence electrons. The second-order valence-corrected chi connectivity index (χ2v) is 6.38. The Labute approximate surface area is 143 Å². The standard InChI is InChI=1S/C16H20N2O7/c1-17-9(4-5-10(17)19)8-3-2-6-18(7-8)15-13(22)11(20)12(21)14(25-15)16(23)24/h2-3,6-7,9,11-15,20-22H,4-5H2,1H3/t9-,11+,12+,13-,14+,15-/m0/s1. The van der Waals surface area contributed by atoms with Crippen molar-refractivity contribution in [1.82, 2.24) is 4.90 Å². The molecule has 1 aromatic heterocycles. The Hall–Kier alpha value is -2.07. The number of ether oxygens (including phenoxy) is 1. The first-order valence-electron chi connectivity index (χ1n) is 7.98. The van der Waals surface area contributed by atoms with Crippen LogP contribution < -0.4 is 9.67 Å². The molecule has 3 heterocycles. The molecule has 0 spiro atoms. The molecule has 1 amide bonds. The van der Waals surface area contributed by atoms with Gasteiger partial charge in [0.25, 0.3) is 6.23 Å². The highest BCUT2D eigenvalue weighted by Crippen LogP contribution is 2.31. The van der Waals surface area contributed by atoms with Crippen LogP contribution in [0, 0.1) is 0 Å². The number of rotatable bonds is 3. The molecule has 3 N–H and O–H groups in total. The number of carbonyl (C=O) groups is 2. The molecule has 2 saturated heterocycles. The maximum absolute atomic E-state index is 11.7. The lowest BCUT2D eigenvalue weighted by Crippen LogP contribution is -2.65. The van der Waals surface area contributed by atoms with E-state index in [0.717, 1.165) is 5.56 Å². The van der Waals surface area contributed by atoms with Crippen LogP contribution >= 0.6 is 0 Å². The SMILES string of the molecule is CN1C(=O)CC[C@H]1c1ccc[n+]([C@H]2O[C@@H](C(=O)[O-])[C@H](O)[C@@H](O)[C@@H]2O)c1. The molecule has 2 aliphatic rings. The molecule has 6 atom stereocenters. The van der Waals surface area contributed by atoms with Crippen LogP contribution in [-0.4, -0.2) is 63.6 Å². The third kappa shape index (κ3) is 3.11. The largest absolute Gasteiger partial charge is 0.547 e. The molecule has 0 aromatic carbocycles. The van der Waals surface area contributed by atoms with E-state index in [2.05, 4.69) is 0 Å². The molecule has 0 unspecified atom stereocenters. The van der Waals surface area contributed by atoms with Crippen LogP contribution in [0.1, 0.15) is 30.7 Å². The van der Waals surface area contributed by atoms with Gasteiger partial charge in [-0.1, -0.05) is 0 Å². The molecule has 9 heteroatoms. The number of pyridine rings is 1. The summed E-state index contributed by atoms with van der Waals surface area (Å²) in [7, 11) is 1.70. The number of likely N-dealkylation sites (tertiary alicyclic amines) is 1. The number of aliphatic carboxylic acids is 1. The number of hydrogen-bond donors (Lipinski definition) is 3. The van der Waals surface area contributed by atoms with Crippen LogP contribution in [-0.2, 0) is 14.3 Å². The van der Waals surface area contributed by atoms with Gasteiger partial charge in [0.1, 0.15) is 18.3 Å². The van der Waals surface area contributed by atoms with E-state index in [1.165, 1.54) is 4.57 Å². The van der Waals surface area contributed by atoms with E-state index in [9.17, 15) is 30.0 Å². The number of hydrogen-bond acceptors (Lipinski definition) is 7. The van der Waals surface area contributed by atoms with Crippen molar-refractivity contribution in [2.24, 2.45) is 0 Å². The van der Waals surface area contributed by atoms with Gasteiger partial charge in [-0.15, -0.1) is 0 Å². The smallest absolute Gasteiger partial charge is 0.292 e. The van der Waals surface area contributed by atoms with Gasteiger partial charge in [-0.3, -0.25) is 4.79 Å². The van der Waals surface area contributed by atoms with E-state index in [-0.39, 0.29) is 11.9 Å². The minimum absolute atomic E-state index is 0.0323. The third-order valence-corrected chi connectivity index (χ3v) is 4.84. The lowest BCUT2D eigenvalue weighted by atomic mass is 9.97. The number of carboxylic acid groups (broad SMARTS) is 1. The van der Waals surface area contributed by atoms with Gasteiger partial charge in [-0.25, -0.2) is 0 Å². The van der Waals surface area contributed by atoms with Crippen molar-refractivity contribution in [1.29, 1.82) is 0 Å². The fourth-order valence-electron chi connectivity index (χ4n) is 3.36. The van der Waals surface area contributed by atoms with Crippen molar-refractivity contribution in [3.63, 3.8) is 0 Å². The van der Waals surface area contributed by atoms with Gasteiger partial charge < -0.3 is 34.9 Å². The van der Waals surface area contributed by atoms with Gasteiger partial charge in [0.05, 0.1) is 12.0 Å². The van der Waals surface area contributed by atoms with Crippen molar-refractivity contribution in [2.45, 2.75) is 49.5 Å². The first kappa shape index (κ1) is 17.7. The Morgan fingerprint density at radius 2 is 2.04 bits per heavy atom. The molecular weight excluding hydrogens is 332 g/mol. The molecule has 3 rings (SSSR count). The first-order chi connectivity index (χ1) is 11.8. The molecule has 2 aliphatic heterocycles. The minimum atomic E-state index is -1.79. The second kappa shape index (κ2) is 6.68. The Morgan fingerprint density at radius 3 is 2.64 bits per heavy atom. The fraction of sp³-hybridized carbons (Fsp3) is 0.562. The van der Waals surface area contributed by atoms with Crippen molar-refractivity contribution in [3.8, 4) is 0 Å². The summed E-state index contributed by atoms with van der Waals surface area (Å²) in [5.74, 6) is -1.65. The Kier molecular flexibility index (Phi) is 4.74. The van der Waals surface area contributed by atoms with Gasteiger partial charge >= 0.3 is 0 Å². The van der Waals surface area contributed by atoms with Crippen LogP contribution in [0.3, 0.4) is 0 Å². The molecule has 0 radical (unpaired) electrons. The van der Waals surface area contributed by atoms with Gasteiger partial charge in [-0.2, -0.15) is 4.57 Å². The lowest BCUT2D eigenvalue weighted by molar-refractivity contribution is -0.777. The molecule has 0 aliphatic carbocycles. The second-order valence-electron chi connectivity index (χ2n) is 6.38. The van der Waals surface area contributed by atoms with E-state index >= 15 is 0 Å². The molecule has 0 bridgehead atoms. The molecule has 0 saturated carbocycles. The van der Waals surface area contributed by atoms with Crippen molar-refractivity contribution < 1.29 is 39.3 Å². The molecule has 2 fully saturated rings. The quantitative estimate of drug-likeness (QED) is 0.494. The highest BCUT2D eigenvalue weighted by molar-refractivity contribution is 5.78. The molecule has 9 nitrogen and oxygen atoms in total. The maximum Gasteiger partial charge on any atom is 0.292 e. The predicted octanol–water partition coefficient (Wildman–Crippen LogP) is -3.00. The van der Waals surface area contributed by atoms with E-state index in [1.807, 2.05) is 6.07 Å². The summed E-state index contributed by atoms with van der Waals surface area (Å²) in [5.41, 5.74) is 0.789. The topological polar surface area (TPSA) is 134 Å². The monoisotopic (exact) mass is 352 g/mol. The van der Waals surface area contributed by atoms with Crippen LogP contribution in [0.5, 0.6) is 0 Å². The number of aromatic nitrogens is 1. The Morgan fingerprint density at radius 1 is 1.32 bits per heavy atom. The zero-order valence-corrected chi connectivity index (χ0v) is 13.6. The van der Waals surface area contributed by atoms with Crippen molar-refractivity contribution in [2.75, 3.05) is 7.05 Å². The summed E-state index contributed by atoms with van der Waals surface area (Å²) in [6.45, 7) is 0. The number of aliphatic hydroxyl groups excluding tert-OH is 3. The van der Waals surface area contributed by atoms with E-state index in [4.69, 9.17) is 4.74 Å². The van der Waals surface area contributed by atoms with E-state index in [1.54, 1.807) is 30.4 Å². The molecular formula is C16H20N2O7. The van der Waals surface area contributed by atoms with Crippen molar-refractivity contribution in [3.05, 3.63) is 30.1 Å². The minimum Gasteiger partial charge on any atom is -0.547 e. The average molecular weight is 352 g/mol. The van der Waals surface area contributed by atoms with Crippen LogP contribution in [0.25, 0.3) is 0 Å². The summed E-state index contributed by atoms with van der Waals surface area (Å²) < 4.78 is 6.67. The maximum atomic E-state index is 11.7. The van der Waals surface area contributed by atoms with Gasteiger partial charge in [0.2, 0.25) is 5.91 Å². The molecule has 1 aromatic rings. The highest BCUT2D eigenvalue weighted by Gasteiger charge is 2.49. The summed E-state index contributed by atoms with van der Waals surface area (Å²) in [6, 6.07) is 3.36. The Balaban J connectivity index is 1.89. The zero-order chi connectivity index (χ0) is 18.3. The first-order valence-corrected chi connectivity index (χ1v) is 7.98. The number of amides is 1. The Bertz CT molecular complexity index is 682. The number of carboxylic acids is 1. The number of aliphatic hydroxyl groups is 3. The van der Waals surface area contributed by atoms with Gasteiger partial charge in [0.15, 0.2) is 18.5 Å². The summed E-state index contributed by atoms with van der Waals surface area (Å²) in [5, 5.41) is 40.9. The summed E-state index contributed by atoms with van der Waals surface area (Å²) in [4.78, 5) is 24.4. The average Bonchev–Trinajstić information content (AvgIpc) is 2.92. The van der Waals surface area contributed by atoms with E-state index < -0.39 is 36.6 Å². The molecule has 25 heavy (non-hydrogen) atoms. The fourth-order valence-corrected chi connectivity index (χ4v) is 3.36. The summed E-state index contributed by atoms with van der Waals surface area (Å²) >= 11 is 0. The number of nitrogens with zero attached hydrogens (tertiary/aromatic N) is 2. The van der Waals surface area contributed by atoms with Crippen LogP contribution in [0.4, 0.5) is 0 Å². The van der Waals surface area contributed by atoms with E-state index in [0.29, 0.717) is 12.8 Å². The lowest BCUT2D eigenvalue weighted by Gasteiger charge is -2.37. The zero-order valence-electron chi connectivity index (χ0n) is 13.6.